The van der Waals surface area contributed by atoms with Crippen LogP contribution < -0.4 is 5.73 Å². The van der Waals surface area contributed by atoms with Gasteiger partial charge in [-0.3, -0.25) is 10.3 Å². The van der Waals surface area contributed by atoms with Crippen LogP contribution in [0.1, 0.15) is 25.7 Å². The van der Waals surface area contributed by atoms with E-state index >= 15 is 0 Å². The van der Waals surface area contributed by atoms with Gasteiger partial charge in [0.25, 0.3) is 0 Å². The Hall–Kier alpha value is -0.650. The van der Waals surface area contributed by atoms with Crippen LogP contribution in [0.4, 0.5) is 0 Å². The molecule has 1 heterocycles. The second-order valence-electron chi connectivity index (χ2n) is 5.28. The fourth-order valence-electron chi connectivity index (χ4n) is 2.47. The quantitative estimate of drug-likeness (QED) is 0.336. The third-order valence-corrected chi connectivity index (χ3v) is 3.22. The Bertz CT molecular complexity index is 245. The zero-order valence-electron chi connectivity index (χ0n) is 11.0. The van der Waals surface area contributed by atoms with Crippen molar-refractivity contribution >= 4 is 5.84 Å². The molecule has 5 heteroatoms. The molecular weight excluding hydrogens is 216 g/mol. The number of hydrogen-bond acceptors (Lipinski definition) is 4. The predicted octanol–water partition coefficient (Wildman–Crippen LogP) is 0.0895. The summed E-state index contributed by atoms with van der Waals surface area (Å²) in [5.74, 6) is 0.274. The van der Waals surface area contributed by atoms with E-state index in [0.29, 0.717) is 12.5 Å². The molecule has 0 spiro atoms. The first-order valence-electron chi connectivity index (χ1n) is 6.38. The van der Waals surface area contributed by atoms with Gasteiger partial charge in [0.1, 0.15) is 0 Å². The third-order valence-electron chi connectivity index (χ3n) is 3.22. The zero-order valence-corrected chi connectivity index (χ0v) is 11.0. The highest BCUT2D eigenvalue weighted by molar-refractivity contribution is 5.76. The highest BCUT2D eigenvalue weighted by Gasteiger charge is 2.30. The molecule has 1 rings (SSSR count). The molecular formula is C12H26N4O. The Morgan fingerprint density at radius 1 is 1.47 bits per heavy atom. The Balaban J connectivity index is 2.27. The molecule has 100 valence electrons. The van der Waals surface area contributed by atoms with E-state index in [2.05, 4.69) is 23.9 Å². The monoisotopic (exact) mass is 242 g/mol. The van der Waals surface area contributed by atoms with Crippen molar-refractivity contribution in [3.63, 3.8) is 0 Å². The molecule has 0 radical (unpaired) electrons. The van der Waals surface area contributed by atoms with E-state index in [4.69, 9.17) is 11.1 Å². The molecule has 17 heavy (non-hydrogen) atoms. The number of nitrogens with two attached hydrogens (primary N) is 1. The first kappa shape index (κ1) is 14.4. The van der Waals surface area contributed by atoms with Crippen LogP contribution in [0.25, 0.3) is 0 Å². The molecule has 1 saturated heterocycles. The number of likely N-dealkylation sites (N-methyl/N-ethyl adjacent to an activating group) is 1. The maximum absolute atomic E-state index is 9.71. The summed E-state index contributed by atoms with van der Waals surface area (Å²) in [6, 6.07) is 0.470. The average molecular weight is 242 g/mol. The van der Waals surface area contributed by atoms with Crippen LogP contribution in [0.2, 0.25) is 0 Å². The van der Waals surface area contributed by atoms with Crippen LogP contribution in [0.5, 0.6) is 0 Å². The second-order valence-corrected chi connectivity index (χ2v) is 5.28. The van der Waals surface area contributed by atoms with Gasteiger partial charge in [-0.2, -0.15) is 0 Å². The van der Waals surface area contributed by atoms with Crippen molar-refractivity contribution in [3.8, 4) is 0 Å². The van der Waals surface area contributed by atoms with Crippen molar-refractivity contribution in [2.45, 2.75) is 37.8 Å². The molecule has 0 aromatic rings. The van der Waals surface area contributed by atoms with Gasteiger partial charge in [0.15, 0.2) is 0 Å². The number of amidine groups is 1. The summed E-state index contributed by atoms with van der Waals surface area (Å²) in [6.07, 6.45) is 3.42. The molecule has 2 atom stereocenters. The van der Waals surface area contributed by atoms with Crippen LogP contribution >= 0.6 is 0 Å². The first-order valence-corrected chi connectivity index (χ1v) is 6.38. The number of unbranched alkanes of at least 4 members (excludes halogenated alkanes) is 1. The number of aliphatic hydroxyl groups is 1. The molecule has 1 aliphatic heterocycles. The lowest BCUT2D eigenvalue weighted by Crippen LogP contribution is -2.38. The van der Waals surface area contributed by atoms with Crippen LogP contribution in [0.3, 0.4) is 0 Å². The third kappa shape index (κ3) is 5.48. The minimum Gasteiger partial charge on any atom is -0.392 e. The average Bonchev–Trinajstić information content (AvgIpc) is 2.52. The van der Waals surface area contributed by atoms with Crippen molar-refractivity contribution in [3.05, 3.63) is 0 Å². The minimum atomic E-state index is -0.173. The van der Waals surface area contributed by atoms with Crippen LogP contribution in [-0.2, 0) is 0 Å². The SMILES string of the molecule is CN(C)CC1CC(O)CN1CCCCC(=N)N. The van der Waals surface area contributed by atoms with Crippen molar-refractivity contribution in [1.82, 2.24) is 9.80 Å². The Kier molecular flexibility index (Phi) is 5.88. The van der Waals surface area contributed by atoms with Crippen LogP contribution in [-0.4, -0.2) is 66.6 Å². The Morgan fingerprint density at radius 3 is 2.76 bits per heavy atom. The van der Waals surface area contributed by atoms with Crippen molar-refractivity contribution in [1.29, 1.82) is 5.41 Å². The smallest absolute Gasteiger partial charge is 0.0905 e. The lowest BCUT2D eigenvalue weighted by Gasteiger charge is -2.26. The zero-order chi connectivity index (χ0) is 12.8. The molecule has 0 aliphatic carbocycles. The summed E-state index contributed by atoms with van der Waals surface area (Å²) in [5.41, 5.74) is 5.32. The van der Waals surface area contributed by atoms with Crippen molar-refractivity contribution < 1.29 is 5.11 Å². The molecule has 0 bridgehead atoms. The summed E-state index contributed by atoms with van der Waals surface area (Å²) in [5, 5.41) is 16.9. The topological polar surface area (TPSA) is 76.6 Å². The second kappa shape index (κ2) is 6.93. The highest BCUT2D eigenvalue weighted by atomic mass is 16.3. The van der Waals surface area contributed by atoms with E-state index in [1.165, 1.54) is 0 Å². The summed E-state index contributed by atoms with van der Waals surface area (Å²) >= 11 is 0. The Morgan fingerprint density at radius 2 is 2.18 bits per heavy atom. The highest BCUT2D eigenvalue weighted by Crippen LogP contribution is 2.19. The fraction of sp³-hybridized carbons (Fsp3) is 0.917. The maximum atomic E-state index is 9.71. The molecule has 5 nitrogen and oxygen atoms in total. The number of nitrogens with one attached hydrogen (secondary N) is 1. The summed E-state index contributed by atoms with van der Waals surface area (Å²) in [4.78, 5) is 4.54. The van der Waals surface area contributed by atoms with Crippen molar-refractivity contribution in [2.75, 3.05) is 33.7 Å². The van der Waals surface area contributed by atoms with Gasteiger partial charge in [0, 0.05) is 25.6 Å². The molecule has 1 fully saturated rings. The number of rotatable bonds is 7. The number of aliphatic hydroxyl groups excluding tert-OH is 1. The summed E-state index contributed by atoms with van der Waals surface area (Å²) in [6.45, 7) is 2.80. The van der Waals surface area contributed by atoms with Gasteiger partial charge in [-0.05, 0) is 39.9 Å². The molecule has 4 N–H and O–H groups in total. The van der Waals surface area contributed by atoms with E-state index in [9.17, 15) is 5.11 Å². The van der Waals surface area contributed by atoms with E-state index in [1.807, 2.05) is 0 Å². The molecule has 2 unspecified atom stereocenters. The number of β-amino-alcohol motifs (C(OH)–C–C–N with tert-alkyl or cyclic N) is 1. The molecule has 0 aromatic carbocycles. The lowest BCUT2D eigenvalue weighted by molar-refractivity contribution is 0.172. The van der Waals surface area contributed by atoms with E-state index < -0.39 is 0 Å². The van der Waals surface area contributed by atoms with Gasteiger partial charge < -0.3 is 15.7 Å². The Labute approximate surface area is 104 Å². The predicted molar refractivity (Wildman–Crippen MR) is 70.3 cm³/mol. The largest absolute Gasteiger partial charge is 0.392 e. The van der Waals surface area contributed by atoms with Gasteiger partial charge >= 0.3 is 0 Å². The fourth-order valence-corrected chi connectivity index (χ4v) is 2.47. The molecule has 0 aromatic heterocycles. The van der Waals surface area contributed by atoms with Gasteiger partial charge in [-0.1, -0.05) is 0 Å². The molecule has 1 aliphatic rings. The van der Waals surface area contributed by atoms with Gasteiger partial charge in [0.2, 0.25) is 0 Å². The number of likely N-dealkylation sites (tertiary alicyclic amines) is 1. The molecule has 0 amide bonds. The first-order chi connectivity index (χ1) is 7.99. The van der Waals surface area contributed by atoms with E-state index in [-0.39, 0.29) is 11.9 Å². The van der Waals surface area contributed by atoms with E-state index in [0.717, 1.165) is 38.9 Å². The number of hydrogen-bond donors (Lipinski definition) is 3. The van der Waals surface area contributed by atoms with Gasteiger partial charge in [-0.25, -0.2) is 0 Å². The minimum absolute atomic E-state index is 0.173. The van der Waals surface area contributed by atoms with Gasteiger partial charge in [0.05, 0.1) is 11.9 Å². The normalized spacial score (nSPS) is 25.6. The summed E-state index contributed by atoms with van der Waals surface area (Å²) < 4.78 is 0. The lowest BCUT2D eigenvalue weighted by atomic mass is 10.1. The number of nitrogens with zero attached hydrogens (tertiary/aromatic N) is 2. The van der Waals surface area contributed by atoms with Crippen LogP contribution in [0.15, 0.2) is 0 Å². The standard InChI is InChI=1S/C12H26N4O/c1-15(2)8-10-7-11(17)9-16(10)6-4-3-5-12(13)14/h10-11,17H,3-9H2,1-2H3,(H3,13,14). The van der Waals surface area contributed by atoms with E-state index in [1.54, 1.807) is 0 Å². The van der Waals surface area contributed by atoms with Gasteiger partial charge in [-0.15, -0.1) is 0 Å². The maximum Gasteiger partial charge on any atom is 0.0905 e. The van der Waals surface area contributed by atoms with Crippen molar-refractivity contribution in [2.24, 2.45) is 5.73 Å². The van der Waals surface area contributed by atoms with Crippen LogP contribution in [0, 0.1) is 5.41 Å². The molecule has 0 saturated carbocycles. The summed E-state index contributed by atoms with van der Waals surface area (Å²) in [7, 11) is 4.14.